The lowest BCUT2D eigenvalue weighted by atomic mass is 10.0. The van der Waals surface area contributed by atoms with Crippen LogP contribution in [0.3, 0.4) is 0 Å². The van der Waals surface area contributed by atoms with E-state index in [4.69, 9.17) is 34.3 Å². The highest BCUT2D eigenvalue weighted by atomic mass is 32.1. The van der Waals surface area contributed by atoms with Gasteiger partial charge in [0.15, 0.2) is 4.77 Å². The molecule has 1 aliphatic rings. The third kappa shape index (κ3) is 2.32. The molecule has 2 heterocycles. The van der Waals surface area contributed by atoms with E-state index < -0.39 is 24.4 Å². The molecule has 0 bridgehead atoms. The molecular weight excluding hydrogens is 264 g/mol. The van der Waals surface area contributed by atoms with Crippen molar-refractivity contribution >= 4 is 24.4 Å². The topological polar surface area (TPSA) is 102 Å². The van der Waals surface area contributed by atoms with Crippen molar-refractivity contribution in [3.8, 4) is 0 Å². The Morgan fingerprint density at radius 2 is 2.00 bits per heavy atom. The van der Waals surface area contributed by atoms with Crippen LogP contribution in [0.5, 0.6) is 0 Å². The second kappa shape index (κ2) is 4.92. The van der Waals surface area contributed by atoms with Gasteiger partial charge in [-0.05, 0) is 12.2 Å². The van der Waals surface area contributed by atoms with Crippen molar-refractivity contribution in [2.24, 2.45) is 0 Å². The molecule has 0 aromatic carbocycles. The van der Waals surface area contributed by atoms with Crippen LogP contribution < -0.4 is 0 Å². The Morgan fingerprint density at radius 1 is 1.29 bits per heavy atom. The van der Waals surface area contributed by atoms with Crippen molar-refractivity contribution in [1.29, 1.82) is 0 Å². The maximum Gasteiger partial charge on any atom is 0.175 e. The van der Waals surface area contributed by atoms with Gasteiger partial charge in [0.05, 0.1) is 6.61 Å². The molecule has 17 heavy (non-hydrogen) atoms. The summed E-state index contributed by atoms with van der Waals surface area (Å²) in [4.78, 5) is 5.47. The van der Waals surface area contributed by atoms with Gasteiger partial charge in [0.25, 0.3) is 0 Å². The molecule has 0 unspecified atom stereocenters. The lowest BCUT2D eigenvalue weighted by Crippen LogP contribution is -2.32. The van der Waals surface area contributed by atoms with Crippen LogP contribution in [-0.4, -0.2) is 50.2 Å². The molecule has 8 heteroatoms. The summed E-state index contributed by atoms with van der Waals surface area (Å²) < 4.78 is 6.05. The fraction of sp³-hybridized carbons (Fsp3) is 0.556. The van der Waals surface area contributed by atoms with Gasteiger partial charge in [-0.1, -0.05) is 12.2 Å². The van der Waals surface area contributed by atoms with Crippen LogP contribution in [0, 0.1) is 9.41 Å². The van der Waals surface area contributed by atoms with Gasteiger partial charge in [0, 0.05) is 11.8 Å². The summed E-state index contributed by atoms with van der Waals surface area (Å²) in [5.74, 6) is 0. The Balaban J connectivity index is 2.35. The van der Waals surface area contributed by atoms with Crippen LogP contribution in [0.1, 0.15) is 11.7 Å². The van der Waals surface area contributed by atoms with Gasteiger partial charge < -0.3 is 30.0 Å². The first kappa shape index (κ1) is 12.8. The van der Waals surface area contributed by atoms with E-state index in [1.165, 1.54) is 6.20 Å². The fourth-order valence-electron chi connectivity index (χ4n) is 1.79. The number of aromatic amines is 2. The highest BCUT2D eigenvalue weighted by molar-refractivity contribution is 7.72. The third-order valence-corrected chi connectivity index (χ3v) is 3.25. The van der Waals surface area contributed by atoms with Gasteiger partial charge in [0.2, 0.25) is 0 Å². The van der Waals surface area contributed by atoms with E-state index in [1.54, 1.807) is 0 Å². The monoisotopic (exact) mass is 276 g/mol. The van der Waals surface area contributed by atoms with Crippen molar-refractivity contribution in [1.82, 2.24) is 9.97 Å². The molecule has 2 rings (SSSR count). The minimum atomic E-state index is -1.14. The first-order chi connectivity index (χ1) is 8.04. The minimum Gasteiger partial charge on any atom is -0.394 e. The minimum absolute atomic E-state index is 0.337. The van der Waals surface area contributed by atoms with Crippen molar-refractivity contribution in [2.45, 2.75) is 24.4 Å². The summed E-state index contributed by atoms with van der Waals surface area (Å²) in [5.41, 5.74) is 0.496. The Labute approximate surface area is 107 Å². The highest BCUT2D eigenvalue weighted by Gasteiger charge is 2.43. The summed E-state index contributed by atoms with van der Waals surface area (Å²) in [5, 5.41) is 28.4. The molecule has 94 valence electrons. The largest absolute Gasteiger partial charge is 0.394 e. The summed E-state index contributed by atoms with van der Waals surface area (Å²) in [6.45, 7) is -0.367. The molecule has 0 radical (unpaired) electrons. The Bertz CT molecular complexity index is 514. The number of aliphatic hydroxyl groups excluding tert-OH is 3. The molecule has 1 saturated heterocycles. The first-order valence-corrected chi connectivity index (χ1v) is 5.80. The van der Waals surface area contributed by atoms with E-state index in [2.05, 4.69) is 9.97 Å². The first-order valence-electron chi connectivity index (χ1n) is 4.99. The van der Waals surface area contributed by atoms with Gasteiger partial charge in [-0.25, -0.2) is 0 Å². The van der Waals surface area contributed by atoms with E-state index >= 15 is 0 Å². The number of nitrogens with one attached hydrogen (secondary N) is 2. The van der Waals surface area contributed by atoms with Gasteiger partial charge in [0.1, 0.15) is 29.1 Å². The van der Waals surface area contributed by atoms with Crippen LogP contribution in [0.2, 0.25) is 0 Å². The fourth-order valence-corrected chi connectivity index (χ4v) is 2.29. The molecule has 0 spiro atoms. The summed E-state index contributed by atoms with van der Waals surface area (Å²) in [7, 11) is 0. The van der Waals surface area contributed by atoms with Gasteiger partial charge in [-0.2, -0.15) is 0 Å². The zero-order valence-corrected chi connectivity index (χ0v) is 10.3. The van der Waals surface area contributed by atoms with Crippen LogP contribution in [-0.2, 0) is 4.74 Å². The predicted molar refractivity (Wildman–Crippen MR) is 63.5 cm³/mol. The van der Waals surface area contributed by atoms with Crippen molar-refractivity contribution < 1.29 is 20.1 Å². The lowest BCUT2D eigenvalue weighted by Gasteiger charge is -2.14. The second-order valence-corrected chi connectivity index (χ2v) is 4.60. The SMILES string of the molecule is OC[C@H]1O[C@@H](c2c[nH]c(=S)[nH]c2=S)[C@H](O)[C@@H]1O. The number of hydrogen-bond donors (Lipinski definition) is 5. The predicted octanol–water partition coefficient (Wildman–Crippen LogP) is -0.0442. The summed E-state index contributed by atoms with van der Waals surface area (Å²) in [6, 6.07) is 0. The molecule has 0 amide bonds. The molecule has 1 aliphatic heterocycles. The number of aliphatic hydroxyl groups is 3. The van der Waals surface area contributed by atoms with E-state index in [0.717, 1.165) is 0 Å². The Kier molecular flexibility index (Phi) is 3.71. The lowest BCUT2D eigenvalue weighted by molar-refractivity contribution is -0.0230. The van der Waals surface area contributed by atoms with Crippen LogP contribution in [0.15, 0.2) is 6.20 Å². The van der Waals surface area contributed by atoms with E-state index in [-0.39, 0.29) is 6.61 Å². The number of aromatic nitrogens is 2. The van der Waals surface area contributed by atoms with Gasteiger partial charge >= 0.3 is 0 Å². The number of ether oxygens (including phenoxy) is 1. The maximum atomic E-state index is 9.82. The molecule has 6 nitrogen and oxygen atoms in total. The average molecular weight is 276 g/mol. The van der Waals surface area contributed by atoms with E-state index in [9.17, 15) is 10.2 Å². The second-order valence-electron chi connectivity index (χ2n) is 3.79. The quantitative estimate of drug-likeness (QED) is 0.486. The van der Waals surface area contributed by atoms with Crippen molar-refractivity contribution in [3.63, 3.8) is 0 Å². The molecule has 1 fully saturated rings. The van der Waals surface area contributed by atoms with Gasteiger partial charge in [-0.15, -0.1) is 0 Å². The Hall–Kier alpha value is -0.640. The molecule has 0 saturated carbocycles. The normalized spacial score (nSPS) is 32.9. The molecule has 0 aliphatic carbocycles. The molecular formula is C9H12N2O4S2. The van der Waals surface area contributed by atoms with Crippen molar-refractivity contribution in [3.05, 3.63) is 21.2 Å². The molecule has 1 aromatic heterocycles. The standard InChI is InChI=1S/C9H12N2O4S2/c12-2-4-5(13)6(14)7(15-4)3-1-10-9(17)11-8(3)16/h1,4-7,12-14H,2H2,(H2,10,11,16,17)/t4-,5-,6-,7+/m1/s1. The maximum absolute atomic E-state index is 9.82. The zero-order valence-electron chi connectivity index (χ0n) is 8.66. The van der Waals surface area contributed by atoms with Crippen molar-refractivity contribution in [2.75, 3.05) is 6.61 Å². The van der Waals surface area contributed by atoms with E-state index in [0.29, 0.717) is 15.0 Å². The highest BCUT2D eigenvalue weighted by Crippen LogP contribution is 2.33. The smallest absolute Gasteiger partial charge is 0.175 e. The number of hydrogen-bond acceptors (Lipinski definition) is 6. The average Bonchev–Trinajstić information content (AvgIpc) is 2.57. The van der Waals surface area contributed by atoms with Crippen LogP contribution in [0.4, 0.5) is 0 Å². The Morgan fingerprint density at radius 3 is 2.53 bits per heavy atom. The summed E-state index contributed by atoms with van der Waals surface area (Å²) in [6.07, 6.45) is -2.33. The van der Waals surface area contributed by atoms with Crippen LogP contribution >= 0.6 is 24.4 Å². The zero-order chi connectivity index (χ0) is 12.6. The van der Waals surface area contributed by atoms with E-state index in [1.807, 2.05) is 0 Å². The summed E-state index contributed by atoms with van der Waals surface area (Å²) >= 11 is 9.93. The molecule has 4 atom stereocenters. The van der Waals surface area contributed by atoms with Crippen LogP contribution in [0.25, 0.3) is 0 Å². The number of H-pyrrole nitrogens is 2. The van der Waals surface area contributed by atoms with Gasteiger partial charge in [-0.3, -0.25) is 0 Å². The third-order valence-electron chi connectivity index (χ3n) is 2.70. The number of rotatable bonds is 2. The molecule has 1 aromatic rings. The molecule has 5 N–H and O–H groups in total.